The monoisotopic (exact) mass is 352 g/mol. The molecular formula is C22H28N2O2. The van der Waals surface area contributed by atoms with Gasteiger partial charge in [-0.1, -0.05) is 32.0 Å². The van der Waals surface area contributed by atoms with E-state index in [1.807, 2.05) is 24.3 Å². The van der Waals surface area contributed by atoms with Gasteiger partial charge in [-0.3, -0.25) is 9.69 Å². The molecule has 0 saturated heterocycles. The molecule has 1 amide bonds. The Morgan fingerprint density at radius 2 is 2.04 bits per heavy atom. The van der Waals surface area contributed by atoms with Gasteiger partial charge in [0.25, 0.3) is 5.91 Å². The lowest BCUT2D eigenvalue weighted by molar-refractivity contribution is 0.0949. The molecule has 0 aliphatic carbocycles. The number of rotatable bonds is 6. The SMILES string of the molecule is COc1ccc2c(c1)CN(Cc1cccc(C(=O)NCC(C)C)c1)CC2. The van der Waals surface area contributed by atoms with Gasteiger partial charge < -0.3 is 10.1 Å². The van der Waals surface area contributed by atoms with Gasteiger partial charge >= 0.3 is 0 Å². The smallest absolute Gasteiger partial charge is 0.251 e. The quantitative estimate of drug-likeness (QED) is 0.863. The maximum absolute atomic E-state index is 12.3. The van der Waals surface area contributed by atoms with Crippen molar-refractivity contribution >= 4 is 5.91 Å². The van der Waals surface area contributed by atoms with E-state index in [2.05, 4.69) is 42.3 Å². The second kappa shape index (κ2) is 8.37. The van der Waals surface area contributed by atoms with Crippen LogP contribution in [0.1, 0.15) is 40.9 Å². The first-order chi connectivity index (χ1) is 12.5. The van der Waals surface area contributed by atoms with E-state index in [4.69, 9.17) is 4.74 Å². The predicted octanol–water partition coefficient (Wildman–Crippen LogP) is 3.64. The minimum Gasteiger partial charge on any atom is -0.497 e. The molecular weight excluding hydrogens is 324 g/mol. The van der Waals surface area contributed by atoms with Crippen molar-refractivity contribution in [2.45, 2.75) is 33.4 Å². The van der Waals surface area contributed by atoms with Crippen molar-refractivity contribution < 1.29 is 9.53 Å². The van der Waals surface area contributed by atoms with E-state index in [-0.39, 0.29) is 5.91 Å². The average molecular weight is 352 g/mol. The molecule has 0 atom stereocenters. The molecule has 3 rings (SSSR count). The first-order valence-corrected chi connectivity index (χ1v) is 9.30. The average Bonchev–Trinajstić information content (AvgIpc) is 2.65. The van der Waals surface area contributed by atoms with Gasteiger partial charge in [0.1, 0.15) is 5.75 Å². The van der Waals surface area contributed by atoms with E-state index >= 15 is 0 Å². The van der Waals surface area contributed by atoms with Crippen molar-refractivity contribution in [2.75, 3.05) is 20.2 Å². The Balaban J connectivity index is 1.66. The number of fused-ring (bicyclic) bond motifs is 1. The molecule has 0 spiro atoms. The summed E-state index contributed by atoms with van der Waals surface area (Å²) in [6.45, 7) is 7.69. The second-order valence-corrected chi connectivity index (χ2v) is 7.40. The van der Waals surface area contributed by atoms with Crippen LogP contribution < -0.4 is 10.1 Å². The summed E-state index contributed by atoms with van der Waals surface area (Å²) in [6.07, 6.45) is 1.05. The minimum absolute atomic E-state index is 0.00859. The van der Waals surface area contributed by atoms with Crippen LogP contribution in [-0.4, -0.2) is 31.0 Å². The fourth-order valence-corrected chi connectivity index (χ4v) is 3.32. The Kier molecular flexibility index (Phi) is 5.94. The molecule has 1 heterocycles. The van der Waals surface area contributed by atoms with Gasteiger partial charge in [0.2, 0.25) is 0 Å². The first kappa shape index (κ1) is 18.5. The third-order valence-electron chi connectivity index (χ3n) is 4.77. The summed E-state index contributed by atoms with van der Waals surface area (Å²) in [5.41, 5.74) is 4.65. The fraction of sp³-hybridized carbons (Fsp3) is 0.409. The molecule has 4 nitrogen and oxygen atoms in total. The van der Waals surface area contributed by atoms with Gasteiger partial charge in [0.15, 0.2) is 0 Å². The van der Waals surface area contributed by atoms with Crippen molar-refractivity contribution in [3.8, 4) is 5.75 Å². The summed E-state index contributed by atoms with van der Waals surface area (Å²) >= 11 is 0. The number of carbonyl (C=O) groups is 1. The zero-order valence-electron chi connectivity index (χ0n) is 15.9. The molecule has 4 heteroatoms. The highest BCUT2D eigenvalue weighted by Crippen LogP contribution is 2.24. The van der Waals surface area contributed by atoms with Crippen LogP contribution in [0.2, 0.25) is 0 Å². The Morgan fingerprint density at radius 1 is 1.19 bits per heavy atom. The normalized spacial score (nSPS) is 14.2. The molecule has 138 valence electrons. The van der Waals surface area contributed by atoms with Gasteiger partial charge in [-0.2, -0.15) is 0 Å². The Labute approximate surface area is 156 Å². The maximum atomic E-state index is 12.3. The molecule has 1 N–H and O–H groups in total. The highest BCUT2D eigenvalue weighted by molar-refractivity contribution is 5.94. The number of hydrogen-bond donors (Lipinski definition) is 1. The van der Waals surface area contributed by atoms with E-state index in [9.17, 15) is 4.79 Å². The summed E-state index contributed by atoms with van der Waals surface area (Å²) in [4.78, 5) is 14.7. The predicted molar refractivity (Wildman–Crippen MR) is 104 cm³/mol. The largest absolute Gasteiger partial charge is 0.497 e. The summed E-state index contributed by atoms with van der Waals surface area (Å²) in [5, 5.41) is 2.99. The van der Waals surface area contributed by atoms with Crippen molar-refractivity contribution in [3.05, 3.63) is 64.7 Å². The van der Waals surface area contributed by atoms with Crippen LogP contribution in [0.25, 0.3) is 0 Å². The van der Waals surface area contributed by atoms with Crippen LogP contribution in [0.4, 0.5) is 0 Å². The van der Waals surface area contributed by atoms with Gasteiger partial charge in [0.05, 0.1) is 7.11 Å². The van der Waals surface area contributed by atoms with Gasteiger partial charge in [-0.25, -0.2) is 0 Å². The number of benzene rings is 2. The lowest BCUT2D eigenvalue weighted by atomic mass is 9.99. The van der Waals surface area contributed by atoms with E-state index in [0.717, 1.165) is 37.4 Å². The molecule has 0 saturated carbocycles. The maximum Gasteiger partial charge on any atom is 0.251 e. The summed E-state index contributed by atoms with van der Waals surface area (Å²) in [7, 11) is 1.71. The molecule has 1 aliphatic rings. The van der Waals surface area contributed by atoms with E-state index in [0.29, 0.717) is 12.5 Å². The van der Waals surface area contributed by atoms with Crippen LogP contribution in [-0.2, 0) is 19.5 Å². The van der Waals surface area contributed by atoms with Crippen molar-refractivity contribution in [1.82, 2.24) is 10.2 Å². The zero-order valence-corrected chi connectivity index (χ0v) is 15.9. The number of hydrogen-bond acceptors (Lipinski definition) is 3. The molecule has 2 aromatic carbocycles. The van der Waals surface area contributed by atoms with Gasteiger partial charge in [-0.15, -0.1) is 0 Å². The number of nitrogens with zero attached hydrogens (tertiary/aromatic N) is 1. The number of carbonyl (C=O) groups excluding carboxylic acids is 1. The summed E-state index contributed by atoms with van der Waals surface area (Å²) < 4.78 is 5.35. The third-order valence-corrected chi connectivity index (χ3v) is 4.77. The molecule has 2 aromatic rings. The number of nitrogens with one attached hydrogen (secondary N) is 1. The van der Waals surface area contributed by atoms with Crippen LogP contribution in [0.5, 0.6) is 5.75 Å². The minimum atomic E-state index is 0.00859. The molecule has 0 fully saturated rings. The van der Waals surface area contributed by atoms with Crippen LogP contribution in [0.15, 0.2) is 42.5 Å². The Bertz CT molecular complexity index is 770. The molecule has 0 radical (unpaired) electrons. The van der Waals surface area contributed by atoms with Crippen molar-refractivity contribution in [2.24, 2.45) is 5.92 Å². The Hall–Kier alpha value is -2.33. The lowest BCUT2D eigenvalue weighted by Gasteiger charge is -2.29. The van der Waals surface area contributed by atoms with E-state index < -0.39 is 0 Å². The number of methoxy groups -OCH3 is 1. The highest BCUT2D eigenvalue weighted by atomic mass is 16.5. The molecule has 0 unspecified atom stereocenters. The van der Waals surface area contributed by atoms with Crippen LogP contribution in [0.3, 0.4) is 0 Å². The van der Waals surface area contributed by atoms with Crippen molar-refractivity contribution in [1.29, 1.82) is 0 Å². The lowest BCUT2D eigenvalue weighted by Crippen LogP contribution is -2.30. The van der Waals surface area contributed by atoms with Crippen LogP contribution >= 0.6 is 0 Å². The number of amides is 1. The molecule has 26 heavy (non-hydrogen) atoms. The molecule has 1 aliphatic heterocycles. The van der Waals surface area contributed by atoms with Gasteiger partial charge in [0, 0.05) is 31.7 Å². The molecule has 0 bridgehead atoms. The van der Waals surface area contributed by atoms with Crippen LogP contribution in [0, 0.1) is 5.92 Å². The van der Waals surface area contributed by atoms with Gasteiger partial charge in [-0.05, 0) is 53.3 Å². The van der Waals surface area contributed by atoms with Crippen molar-refractivity contribution in [3.63, 3.8) is 0 Å². The highest BCUT2D eigenvalue weighted by Gasteiger charge is 2.17. The standard InChI is InChI=1S/C22H28N2O2/c1-16(2)13-23-22(25)19-6-4-5-17(11-19)14-24-10-9-18-7-8-21(26-3)12-20(18)15-24/h4-8,11-12,16H,9-10,13-15H2,1-3H3,(H,23,25). The van der Waals surface area contributed by atoms with E-state index in [1.165, 1.54) is 16.7 Å². The topological polar surface area (TPSA) is 41.6 Å². The zero-order chi connectivity index (χ0) is 18.5. The fourth-order valence-electron chi connectivity index (χ4n) is 3.32. The van der Waals surface area contributed by atoms with E-state index in [1.54, 1.807) is 7.11 Å². The summed E-state index contributed by atoms with van der Waals surface area (Å²) in [6, 6.07) is 14.3. The number of ether oxygens (including phenoxy) is 1. The Morgan fingerprint density at radius 3 is 2.81 bits per heavy atom. The summed E-state index contributed by atoms with van der Waals surface area (Å²) in [5.74, 6) is 1.37. The second-order valence-electron chi connectivity index (χ2n) is 7.40. The molecule has 0 aromatic heterocycles. The third kappa shape index (κ3) is 4.64. The first-order valence-electron chi connectivity index (χ1n) is 9.30.